The summed E-state index contributed by atoms with van der Waals surface area (Å²) in [4.78, 5) is 0. The molecule has 0 aromatic carbocycles. The average molecular weight is 219 g/mol. The molecular weight excluding hydrogens is 194 g/mol. The molecule has 2 N–H and O–H groups in total. The maximum absolute atomic E-state index is 5.54. The van der Waals surface area contributed by atoms with E-state index in [1.165, 1.54) is 32.1 Å². The Morgan fingerprint density at radius 2 is 1.56 bits per heavy atom. The second-order valence-corrected chi connectivity index (χ2v) is 5.40. The smallest absolute Gasteiger partial charge is 0.0106 e. The fraction of sp³-hybridized carbons (Fsp3) is 0.733. The molecule has 1 heteroatoms. The van der Waals surface area contributed by atoms with Gasteiger partial charge in [-0.2, -0.15) is 0 Å². The van der Waals surface area contributed by atoms with Crippen molar-refractivity contribution in [1.82, 2.24) is 0 Å². The zero-order valence-electron chi connectivity index (χ0n) is 10.4. The Labute approximate surface area is 99.8 Å². The van der Waals surface area contributed by atoms with Crippen LogP contribution in [0.15, 0.2) is 24.3 Å². The summed E-state index contributed by atoms with van der Waals surface area (Å²) >= 11 is 0. The van der Waals surface area contributed by atoms with E-state index in [0.29, 0.717) is 6.54 Å². The maximum atomic E-state index is 5.54. The molecule has 0 heterocycles. The molecule has 4 unspecified atom stereocenters. The highest BCUT2D eigenvalue weighted by atomic mass is 14.5. The molecular formula is C15H25N. The summed E-state index contributed by atoms with van der Waals surface area (Å²) in [6.45, 7) is 2.93. The van der Waals surface area contributed by atoms with Crippen molar-refractivity contribution in [1.29, 1.82) is 0 Å². The van der Waals surface area contributed by atoms with Gasteiger partial charge in [0.1, 0.15) is 0 Å². The summed E-state index contributed by atoms with van der Waals surface area (Å²) in [6.07, 6.45) is 16.3. The van der Waals surface area contributed by atoms with Gasteiger partial charge in [0.25, 0.3) is 0 Å². The van der Waals surface area contributed by atoms with Gasteiger partial charge in [-0.3, -0.25) is 0 Å². The molecule has 0 aromatic heterocycles. The molecule has 2 bridgehead atoms. The van der Waals surface area contributed by atoms with Crippen molar-refractivity contribution in [2.75, 3.05) is 6.54 Å². The van der Waals surface area contributed by atoms with Crippen LogP contribution in [0, 0.1) is 23.7 Å². The predicted molar refractivity (Wildman–Crippen MR) is 70.1 cm³/mol. The first-order chi connectivity index (χ1) is 7.85. The summed E-state index contributed by atoms with van der Waals surface area (Å²) in [6, 6.07) is 0. The van der Waals surface area contributed by atoms with Crippen molar-refractivity contribution >= 4 is 0 Å². The Kier molecular flexibility index (Phi) is 4.22. The van der Waals surface area contributed by atoms with Gasteiger partial charge in [-0.25, -0.2) is 0 Å². The standard InChI is InChI=1S/C15H25N/c1-2-3-5-12-10-15-8-7-14(12)11-13(15)6-4-9-16/h3-6,12-15H,2,7-11,16H2,1H3/b5-3+,6-4+. The van der Waals surface area contributed by atoms with Gasteiger partial charge >= 0.3 is 0 Å². The topological polar surface area (TPSA) is 26.0 Å². The van der Waals surface area contributed by atoms with Crippen molar-refractivity contribution in [3.05, 3.63) is 24.3 Å². The highest BCUT2D eigenvalue weighted by Gasteiger charge is 2.39. The van der Waals surface area contributed by atoms with Crippen LogP contribution in [0.3, 0.4) is 0 Å². The first kappa shape index (κ1) is 11.9. The Bertz CT molecular complexity index is 239. The van der Waals surface area contributed by atoms with Crippen LogP contribution in [0.1, 0.15) is 39.0 Å². The van der Waals surface area contributed by atoms with E-state index >= 15 is 0 Å². The van der Waals surface area contributed by atoms with Crippen LogP contribution in [0.5, 0.6) is 0 Å². The molecule has 3 rings (SSSR count). The van der Waals surface area contributed by atoms with Crippen molar-refractivity contribution in [2.45, 2.75) is 39.0 Å². The van der Waals surface area contributed by atoms with E-state index < -0.39 is 0 Å². The molecule has 3 saturated carbocycles. The van der Waals surface area contributed by atoms with Crippen molar-refractivity contribution < 1.29 is 0 Å². The highest BCUT2D eigenvalue weighted by molar-refractivity contribution is 5.05. The third kappa shape index (κ3) is 2.57. The van der Waals surface area contributed by atoms with Crippen molar-refractivity contribution in [2.24, 2.45) is 29.4 Å². The second-order valence-electron chi connectivity index (χ2n) is 5.40. The second kappa shape index (κ2) is 5.67. The van der Waals surface area contributed by atoms with E-state index in [1.54, 1.807) is 0 Å². The zero-order chi connectivity index (χ0) is 11.4. The molecule has 4 atom stereocenters. The molecule has 0 aliphatic heterocycles. The van der Waals surface area contributed by atoms with Crippen LogP contribution in [-0.4, -0.2) is 6.54 Å². The minimum atomic E-state index is 0.701. The van der Waals surface area contributed by atoms with Gasteiger partial charge in [-0.05, 0) is 55.8 Å². The van der Waals surface area contributed by atoms with Crippen molar-refractivity contribution in [3.63, 3.8) is 0 Å². The van der Waals surface area contributed by atoms with Crippen LogP contribution in [-0.2, 0) is 0 Å². The number of nitrogens with two attached hydrogens (primary N) is 1. The van der Waals surface area contributed by atoms with Crippen LogP contribution >= 0.6 is 0 Å². The van der Waals surface area contributed by atoms with Gasteiger partial charge in [0.2, 0.25) is 0 Å². The van der Waals surface area contributed by atoms with Gasteiger partial charge in [-0.1, -0.05) is 31.2 Å². The van der Waals surface area contributed by atoms with Gasteiger partial charge in [0.15, 0.2) is 0 Å². The molecule has 3 fully saturated rings. The number of allylic oxidation sites excluding steroid dienone is 3. The molecule has 0 spiro atoms. The molecule has 0 radical (unpaired) electrons. The minimum Gasteiger partial charge on any atom is -0.327 e. The largest absolute Gasteiger partial charge is 0.327 e. The van der Waals surface area contributed by atoms with Crippen LogP contribution in [0.25, 0.3) is 0 Å². The van der Waals surface area contributed by atoms with Crippen LogP contribution < -0.4 is 5.73 Å². The predicted octanol–water partition coefficient (Wildman–Crippen LogP) is 3.52. The van der Waals surface area contributed by atoms with E-state index in [4.69, 9.17) is 5.73 Å². The van der Waals surface area contributed by atoms with E-state index in [1.807, 2.05) is 0 Å². The summed E-state index contributed by atoms with van der Waals surface area (Å²) in [7, 11) is 0. The van der Waals surface area contributed by atoms with Crippen molar-refractivity contribution in [3.8, 4) is 0 Å². The lowest BCUT2D eigenvalue weighted by molar-refractivity contribution is 0.0869. The SMILES string of the molecule is CC/C=C/C1CC2CCC1CC2/C=C/CN. The molecule has 0 saturated heterocycles. The maximum Gasteiger partial charge on any atom is 0.0106 e. The summed E-state index contributed by atoms with van der Waals surface area (Å²) in [5.41, 5.74) is 5.54. The van der Waals surface area contributed by atoms with E-state index in [0.717, 1.165) is 23.7 Å². The molecule has 0 aromatic rings. The zero-order valence-corrected chi connectivity index (χ0v) is 10.4. The Hall–Kier alpha value is -0.560. The molecule has 16 heavy (non-hydrogen) atoms. The Balaban J connectivity index is 1.95. The quantitative estimate of drug-likeness (QED) is 0.719. The van der Waals surface area contributed by atoms with Gasteiger partial charge in [0, 0.05) is 6.54 Å². The number of hydrogen-bond donors (Lipinski definition) is 1. The van der Waals surface area contributed by atoms with Gasteiger partial charge < -0.3 is 5.73 Å². The summed E-state index contributed by atoms with van der Waals surface area (Å²) in [5.74, 6) is 3.58. The number of hydrogen-bond acceptors (Lipinski definition) is 1. The fourth-order valence-corrected chi connectivity index (χ4v) is 3.56. The van der Waals surface area contributed by atoms with E-state index in [2.05, 4.69) is 31.2 Å². The van der Waals surface area contributed by atoms with E-state index in [-0.39, 0.29) is 0 Å². The average Bonchev–Trinajstić information content (AvgIpc) is 2.34. The van der Waals surface area contributed by atoms with Crippen LogP contribution in [0.4, 0.5) is 0 Å². The van der Waals surface area contributed by atoms with Gasteiger partial charge in [0.05, 0.1) is 0 Å². The lowest BCUT2D eigenvalue weighted by atomic mass is 9.60. The Morgan fingerprint density at radius 3 is 2.00 bits per heavy atom. The number of fused-ring (bicyclic) bond motifs is 3. The molecule has 0 amide bonds. The highest BCUT2D eigenvalue weighted by Crippen LogP contribution is 2.49. The fourth-order valence-electron chi connectivity index (χ4n) is 3.56. The normalized spacial score (nSPS) is 38.9. The minimum absolute atomic E-state index is 0.701. The first-order valence-electron chi connectivity index (χ1n) is 6.88. The summed E-state index contributed by atoms with van der Waals surface area (Å²) < 4.78 is 0. The third-order valence-corrected chi connectivity index (χ3v) is 4.41. The molecule has 1 nitrogen and oxygen atoms in total. The molecule has 3 aliphatic carbocycles. The lowest BCUT2D eigenvalue weighted by Crippen LogP contribution is -2.36. The molecule has 3 aliphatic rings. The first-order valence-corrected chi connectivity index (χ1v) is 6.88. The summed E-state index contributed by atoms with van der Waals surface area (Å²) in [5, 5.41) is 0. The van der Waals surface area contributed by atoms with Crippen LogP contribution in [0.2, 0.25) is 0 Å². The van der Waals surface area contributed by atoms with E-state index in [9.17, 15) is 0 Å². The Morgan fingerprint density at radius 1 is 1.00 bits per heavy atom. The third-order valence-electron chi connectivity index (χ3n) is 4.41. The number of rotatable bonds is 4. The lowest BCUT2D eigenvalue weighted by Gasteiger charge is -2.45. The monoisotopic (exact) mass is 219 g/mol. The van der Waals surface area contributed by atoms with Gasteiger partial charge in [-0.15, -0.1) is 0 Å². The molecule has 90 valence electrons.